The van der Waals surface area contributed by atoms with Crippen molar-refractivity contribution in [1.29, 1.82) is 0 Å². The molecule has 1 atom stereocenters. The van der Waals surface area contributed by atoms with E-state index in [1.165, 1.54) is 12.1 Å². The van der Waals surface area contributed by atoms with Gasteiger partial charge in [-0.05, 0) is 36.2 Å². The van der Waals surface area contributed by atoms with Crippen molar-refractivity contribution in [3.63, 3.8) is 0 Å². The molecule has 0 spiro atoms. The molecule has 3 aromatic rings. The highest BCUT2D eigenvalue weighted by atomic mass is 32.2. The second kappa shape index (κ2) is 11.2. The normalized spacial score (nSPS) is 15.0. The van der Waals surface area contributed by atoms with E-state index in [2.05, 4.69) is 39.3 Å². The van der Waals surface area contributed by atoms with Crippen molar-refractivity contribution < 1.29 is 8.60 Å². The Morgan fingerprint density at radius 2 is 1.76 bits per heavy atom. The van der Waals surface area contributed by atoms with Gasteiger partial charge in [0.2, 0.25) is 0 Å². The predicted octanol–water partition coefficient (Wildman–Crippen LogP) is 2.18. The minimum atomic E-state index is -1.65. The number of rotatable bonds is 9. The van der Waals surface area contributed by atoms with Crippen LogP contribution in [0.25, 0.3) is 0 Å². The van der Waals surface area contributed by atoms with E-state index < -0.39 is 11.2 Å². The molecule has 0 bridgehead atoms. The van der Waals surface area contributed by atoms with Gasteiger partial charge in [-0.25, -0.2) is 13.6 Å². The van der Waals surface area contributed by atoms with Crippen LogP contribution in [-0.2, 0) is 24.3 Å². The fourth-order valence-corrected chi connectivity index (χ4v) is 3.85. The van der Waals surface area contributed by atoms with Crippen LogP contribution >= 0.6 is 0 Å². The summed E-state index contributed by atoms with van der Waals surface area (Å²) in [5, 5.41) is 6.31. The monoisotopic (exact) mass is 466 g/mol. The zero-order valence-electron chi connectivity index (χ0n) is 17.8. The van der Waals surface area contributed by atoms with Gasteiger partial charge in [0.25, 0.3) is 11.2 Å². The van der Waals surface area contributed by atoms with Crippen molar-refractivity contribution in [3.8, 4) is 0 Å². The van der Waals surface area contributed by atoms with Gasteiger partial charge in [0, 0.05) is 38.2 Å². The first-order valence-corrected chi connectivity index (χ1v) is 11.5. The Morgan fingerprint density at radius 3 is 2.48 bits per heavy atom. The van der Waals surface area contributed by atoms with E-state index in [0.29, 0.717) is 37.9 Å². The molecule has 170 valence electrons. The summed E-state index contributed by atoms with van der Waals surface area (Å²) in [4.78, 5) is 14.8. The maximum atomic E-state index is 13.3. The number of aromatic nitrogens is 3. The fraction of sp³-hybridized carbons (Fsp3) is 0.227. The molecule has 1 unspecified atom stereocenters. The van der Waals surface area contributed by atoms with E-state index in [1.54, 1.807) is 36.9 Å². The third-order valence-corrected chi connectivity index (χ3v) is 5.45. The third kappa shape index (κ3) is 6.62. The molecule has 3 heterocycles. The number of pyridine rings is 1. The largest absolute Gasteiger partial charge is 0.366 e. The highest BCUT2D eigenvalue weighted by Gasteiger charge is 2.18. The molecular weight excluding hydrogens is 443 g/mol. The minimum Gasteiger partial charge on any atom is -0.366 e. The van der Waals surface area contributed by atoms with Crippen LogP contribution in [0.2, 0.25) is 0 Å². The van der Waals surface area contributed by atoms with E-state index in [9.17, 15) is 8.60 Å². The van der Waals surface area contributed by atoms with Crippen molar-refractivity contribution in [1.82, 2.24) is 25.6 Å². The third-order valence-electron chi connectivity index (χ3n) is 4.77. The summed E-state index contributed by atoms with van der Waals surface area (Å²) in [6.45, 7) is 2.30. The Bertz CT molecular complexity index is 1130. The van der Waals surface area contributed by atoms with Gasteiger partial charge in [-0.15, -0.1) is 8.80 Å². The van der Waals surface area contributed by atoms with Gasteiger partial charge in [0.1, 0.15) is 11.6 Å². The van der Waals surface area contributed by atoms with Crippen LogP contribution in [0, 0.1) is 5.82 Å². The van der Waals surface area contributed by atoms with Gasteiger partial charge in [-0.3, -0.25) is 9.97 Å². The molecule has 0 aliphatic carbocycles. The van der Waals surface area contributed by atoms with Crippen LogP contribution in [0.15, 0.2) is 76.0 Å². The molecule has 1 aliphatic heterocycles. The Hall–Kier alpha value is -3.73. The summed E-state index contributed by atoms with van der Waals surface area (Å²) >= 11 is -1.65. The summed E-state index contributed by atoms with van der Waals surface area (Å²) in [6.07, 6.45) is 7.37. The molecular formula is C22H23FN8OS. The second-order valence-corrected chi connectivity index (χ2v) is 8.00. The summed E-state index contributed by atoms with van der Waals surface area (Å²) < 4.78 is 33.1. The molecule has 1 aromatic carbocycles. The molecule has 2 N–H and O–H groups in total. The van der Waals surface area contributed by atoms with Gasteiger partial charge >= 0.3 is 0 Å². The number of anilines is 1. The van der Waals surface area contributed by atoms with Crippen molar-refractivity contribution in [3.05, 3.63) is 84.3 Å². The Morgan fingerprint density at radius 1 is 0.939 bits per heavy atom. The Balaban J connectivity index is 1.31. The molecule has 0 radical (unpaired) electrons. The highest BCUT2D eigenvalue weighted by molar-refractivity contribution is 7.83. The van der Waals surface area contributed by atoms with Gasteiger partial charge < -0.3 is 15.5 Å². The van der Waals surface area contributed by atoms with E-state index in [0.717, 1.165) is 23.5 Å². The van der Waals surface area contributed by atoms with Crippen LogP contribution in [0.3, 0.4) is 0 Å². The van der Waals surface area contributed by atoms with Crippen LogP contribution < -0.4 is 15.5 Å². The molecule has 11 heteroatoms. The van der Waals surface area contributed by atoms with E-state index >= 15 is 0 Å². The first kappa shape index (κ1) is 22.5. The molecule has 9 nitrogen and oxygen atoms in total. The van der Waals surface area contributed by atoms with Gasteiger partial charge in [0.15, 0.2) is 11.7 Å². The average molecular weight is 467 g/mol. The van der Waals surface area contributed by atoms with Crippen LogP contribution in [0.4, 0.5) is 10.2 Å². The first-order chi connectivity index (χ1) is 16.2. The maximum Gasteiger partial charge on any atom is 0.269 e. The molecule has 0 saturated carbocycles. The number of nitrogens with one attached hydrogen (secondary N) is 2. The van der Waals surface area contributed by atoms with Crippen molar-refractivity contribution in [2.24, 2.45) is 8.80 Å². The lowest BCUT2D eigenvalue weighted by Gasteiger charge is -2.24. The zero-order valence-corrected chi connectivity index (χ0v) is 18.6. The van der Waals surface area contributed by atoms with Crippen molar-refractivity contribution >= 4 is 28.7 Å². The molecule has 0 amide bonds. The molecule has 2 aromatic heterocycles. The molecule has 0 saturated heterocycles. The lowest BCUT2D eigenvalue weighted by atomic mass is 10.2. The zero-order chi connectivity index (χ0) is 22.9. The van der Waals surface area contributed by atoms with Crippen molar-refractivity contribution in [2.75, 3.05) is 18.0 Å². The van der Waals surface area contributed by atoms with E-state index in [4.69, 9.17) is 0 Å². The molecule has 33 heavy (non-hydrogen) atoms. The topological polar surface area (TPSA) is 108 Å². The summed E-state index contributed by atoms with van der Waals surface area (Å²) in [7, 11) is 0. The SMILES string of the molecule is O=S1N=C(NCCCN(Cc2ccc(F)cc2)c2ccccn2)C(NCc2cnccn2)=N1. The number of hydrogen-bond acceptors (Lipinski definition) is 7. The number of benzene rings is 1. The second-order valence-electron chi connectivity index (χ2n) is 7.18. The minimum absolute atomic E-state index is 0.257. The fourth-order valence-electron chi connectivity index (χ4n) is 3.19. The maximum absolute atomic E-state index is 13.3. The summed E-state index contributed by atoms with van der Waals surface area (Å²) in [5.74, 6) is 1.48. The summed E-state index contributed by atoms with van der Waals surface area (Å²) in [6, 6.07) is 12.2. The average Bonchev–Trinajstić information content (AvgIpc) is 3.21. The Kier molecular flexibility index (Phi) is 7.64. The van der Waals surface area contributed by atoms with Crippen molar-refractivity contribution in [2.45, 2.75) is 19.5 Å². The summed E-state index contributed by atoms with van der Waals surface area (Å²) in [5.41, 5.74) is 1.73. The van der Waals surface area contributed by atoms with Gasteiger partial charge in [-0.1, -0.05) is 18.2 Å². The lowest BCUT2D eigenvalue weighted by Crippen LogP contribution is -2.39. The van der Waals surface area contributed by atoms with E-state index in [-0.39, 0.29) is 5.82 Å². The standard InChI is InChI=1S/C22H23FN8OS/c23-18-7-5-17(6-8-18)16-31(20-4-1-2-9-26-20)13-3-10-27-21-22(30-33(32)29-21)28-15-19-14-24-11-12-25-19/h1-2,4-9,11-12,14H,3,10,13,15-16H2,(H,27,29)(H,28,30). The smallest absolute Gasteiger partial charge is 0.269 e. The van der Waals surface area contributed by atoms with Crippen LogP contribution in [0.1, 0.15) is 17.7 Å². The number of amidine groups is 2. The first-order valence-electron chi connectivity index (χ1n) is 10.4. The van der Waals surface area contributed by atoms with Crippen LogP contribution in [-0.4, -0.2) is 43.9 Å². The van der Waals surface area contributed by atoms with Gasteiger partial charge in [0.05, 0.1) is 18.4 Å². The number of halogens is 1. The highest BCUT2D eigenvalue weighted by Crippen LogP contribution is 2.15. The predicted molar refractivity (Wildman–Crippen MR) is 126 cm³/mol. The quantitative estimate of drug-likeness (QED) is 0.466. The molecule has 4 rings (SSSR count). The molecule has 1 aliphatic rings. The molecule has 0 fully saturated rings. The van der Waals surface area contributed by atoms with E-state index in [1.807, 2.05) is 18.2 Å². The van der Waals surface area contributed by atoms with Gasteiger partial charge in [-0.2, -0.15) is 0 Å². The number of nitrogens with zero attached hydrogens (tertiary/aromatic N) is 6. The van der Waals surface area contributed by atoms with Crippen LogP contribution in [0.5, 0.6) is 0 Å². The Labute approximate surface area is 193 Å². The lowest BCUT2D eigenvalue weighted by molar-refractivity contribution is 0.626. The number of hydrogen-bond donors (Lipinski definition) is 2.